The maximum atomic E-state index is 10.7. The highest BCUT2D eigenvalue weighted by molar-refractivity contribution is 9.10. The van der Waals surface area contributed by atoms with E-state index in [0.717, 1.165) is 15.7 Å². The van der Waals surface area contributed by atoms with Gasteiger partial charge in [-0.1, -0.05) is 27.5 Å². The summed E-state index contributed by atoms with van der Waals surface area (Å²) >= 11 is 9.27. The Morgan fingerprint density at radius 1 is 1.64 bits per heavy atom. The van der Waals surface area contributed by atoms with Crippen molar-refractivity contribution in [3.8, 4) is 0 Å². The van der Waals surface area contributed by atoms with Gasteiger partial charge < -0.3 is 10.4 Å². The first-order valence-corrected chi connectivity index (χ1v) is 5.22. The van der Waals surface area contributed by atoms with E-state index >= 15 is 0 Å². The lowest BCUT2D eigenvalue weighted by molar-refractivity contribution is -0.137. The van der Waals surface area contributed by atoms with E-state index in [-0.39, 0.29) is 0 Å². The quantitative estimate of drug-likeness (QED) is 0.829. The molecule has 0 saturated heterocycles. The Labute approximate surface area is 94.2 Å². The summed E-state index contributed by atoms with van der Waals surface area (Å²) in [6.45, 7) is 0. The van der Waals surface area contributed by atoms with Crippen LogP contribution in [0.2, 0.25) is 5.02 Å². The largest absolute Gasteiger partial charge is 0.480 e. The molecule has 1 aromatic rings. The summed E-state index contributed by atoms with van der Waals surface area (Å²) in [5, 5.41) is 12.3. The first-order chi connectivity index (χ1) is 6.58. The number of carbonyl (C=O) groups is 1. The average Bonchev–Trinajstić information content (AvgIpc) is 2.47. The fraction of sp³-hybridized carbons (Fsp3) is 0.222. The second kappa shape index (κ2) is 3.44. The third kappa shape index (κ3) is 1.60. The van der Waals surface area contributed by atoms with E-state index < -0.39 is 12.0 Å². The maximum absolute atomic E-state index is 10.7. The molecule has 0 radical (unpaired) electrons. The average molecular weight is 277 g/mol. The Balaban J connectivity index is 2.39. The van der Waals surface area contributed by atoms with Gasteiger partial charge in [0.05, 0.1) is 10.7 Å². The summed E-state index contributed by atoms with van der Waals surface area (Å²) in [5.41, 5.74) is 1.68. The molecule has 0 spiro atoms. The second-order valence-corrected chi connectivity index (χ2v) is 4.48. The number of carboxylic acid groups (broad SMARTS) is 1. The predicted molar refractivity (Wildman–Crippen MR) is 57.9 cm³/mol. The van der Waals surface area contributed by atoms with Crippen molar-refractivity contribution in [2.75, 3.05) is 5.32 Å². The van der Waals surface area contributed by atoms with E-state index in [1.165, 1.54) is 0 Å². The van der Waals surface area contributed by atoms with Crippen LogP contribution in [0.3, 0.4) is 0 Å². The van der Waals surface area contributed by atoms with Gasteiger partial charge >= 0.3 is 5.97 Å². The molecule has 1 atom stereocenters. The Hall–Kier alpha value is -0.740. The van der Waals surface area contributed by atoms with Gasteiger partial charge in [-0.05, 0) is 17.7 Å². The zero-order chi connectivity index (χ0) is 10.3. The smallest absolute Gasteiger partial charge is 0.326 e. The van der Waals surface area contributed by atoms with E-state index in [1.807, 2.05) is 6.07 Å². The molecule has 1 unspecified atom stereocenters. The van der Waals surface area contributed by atoms with Gasteiger partial charge in [-0.2, -0.15) is 0 Å². The number of rotatable bonds is 1. The van der Waals surface area contributed by atoms with Crippen molar-refractivity contribution in [1.82, 2.24) is 0 Å². The Morgan fingerprint density at radius 3 is 3.00 bits per heavy atom. The van der Waals surface area contributed by atoms with Crippen molar-refractivity contribution in [2.24, 2.45) is 0 Å². The predicted octanol–water partition coefficient (Wildman–Crippen LogP) is 2.52. The molecule has 74 valence electrons. The van der Waals surface area contributed by atoms with Crippen molar-refractivity contribution in [3.05, 3.63) is 27.2 Å². The van der Waals surface area contributed by atoms with E-state index in [1.54, 1.807) is 6.07 Å². The van der Waals surface area contributed by atoms with Crippen LogP contribution < -0.4 is 5.32 Å². The molecule has 14 heavy (non-hydrogen) atoms. The van der Waals surface area contributed by atoms with Crippen molar-refractivity contribution < 1.29 is 9.90 Å². The molecule has 2 N–H and O–H groups in total. The van der Waals surface area contributed by atoms with Crippen LogP contribution in [0.5, 0.6) is 0 Å². The molecule has 1 aliphatic rings. The standard InChI is InChI=1S/C9H7BrClNO2/c10-5-1-4-2-7(9(13)14)12-8(4)6(11)3-5/h1,3,7,12H,2H2,(H,13,14). The van der Waals surface area contributed by atoms with Gasteiger partial charge in [0.2, 0.25) is 0 Å². The summed E-state index contributed by atoms with van der Waals surface area (Å²) in [6, 6.07) is 3.08. The first kappa shape index (κ1) is 9.80. The lowest BCUT2D eigenvalue weighted by atomic mass is 10.1. The van der Waals surface area contributed by atoms with Crippen LogP contribution >= 0.6 is 27.5 Å². The van der Waals surface area contributed by atoms with Crippen LogP contribution in [0.25, 0.3) is 0 Å². The molecule has 1 heterocycles. The van der Waals surface area contributed by atoms with Crippen LogP contribution in [-0.2, 0) is 11.2 Å². The fourth-order valence-corrected chi connectivity index (χ4v) is 2.47. The van der Waals surface area contributed by atoms with Crippen molar-refractivity contribution in [1.29, 1.82) is 0 Å². The number of aliphatic carboxylic acids is 1. The van der Waals surface area contributed by atoms with Crippen LogP contribution in [-0.4, -0.2) is 17.1 Å². The number of hydrogen-bond acceptors (Lipinski definition) is 2. The van der Waals surface area contributed by atoms with Crippen LogP contribution in [0.1, 0.15) is 5.56 Å². The number of halogens is 2. The molecular formula is C9H7BrClNO2. The molecular weight excluding hydrogens is 269 g/mol. The van der Waals surface area contributed by atoms with E-state index in [0.29, 0.717) is 11.4 Å². The third-order valence-corrected chi connectivity index (χ3v) is 2.93. The molecule has 3 nitrogen and oxygen atoms in total. The number of benzene rings is 1. The number of carboxylic acids is 1. The second-order valence-electron chi connectivity index (χ2n) is 3.16. The minimum absolute atomic E-state index is 0.476. The number of nitrogens with one attached hydrogen (secondary N) is 1. The molecule has 1 aromatic carbocycles. The topological polar surface area (TPSA) is 49.3 Å². The van der Waals surface area contributed by atoms with Gasteiger partial charge in [0.25, 0.3) is 0 Å². The molecule has 2 rings (SSSR count). The van der Waals surface area contributed by atoms with Crippen LogP contribution in [0, 0.1) is 0 Å². The van der Waals surface area contributed by atoms with E-state index in [4.69, 9.17) is 16.7 Å². The highest BCUT2D eigenvalue weighted by Crippen LogP contribution is 2.35. The molecule has 0 bridgehead atoms. The van der Waals surface area contributed by atoms with E-state index in [9.17, 15) is 4.79 Å². The SMILES string of the molecule is O=C(O)C1Cc2cc(Br)cc(Cl)c2N1. The molecule has 5 heteroatoms. The minimum atomic E-state index is -0.853. The summed E-state index contributed by atoms with van der Waals surface area (Å²) in [7, 11) is 0. The van der Waals surface area contributed by atoms with Crippen LogP contribution in [0.4, 0.5) is 5.69 Å². The van der Waals surface area contributed by atoms with Gasteiger partial charge in [-0.15, -0.1) is 0 Å². The fourth-order valence-electron chi connectivity index (χ4n) is 1.54. The molecule has 1 aliphatic heterocycles. The number of anilines is 1. The Bertz CT molecular complexity index is 408. The molecule has 0 saturated carbocycles. The van der Waals surface area contributed by atoms with E-state index in [2.05, 4.69) is 21.2 Å². The van der Waals surface area contributed by atoms with Crippen molar-refractivity contribution in [3.63, 3.8) is 0 Å². The maximum Gasteiger partial charge on any atom is 0.326 e. The van der Waals surface area contributed by atoms with Gasteiger partial charge in [0, 0.05) is 10.9 Å². The highest BCUT2D eigenvalue weighted by atomic mass is 79.9. The van der Waals surface area contributed by atoms with Crippen molar-refractivity contribution >= 4 is 39.2 Å². The Morgan fingerprint density at radius 2 is 2.36 bits per heavy atom. The van der Waals surface area contributed by atoms with Gasteiger partial charge in [-0.3, -0.25) is 0 Å². The lowest BCUT2D eigenvalue weighted by Gasteiger charge is -2.05. The number of fused-ring (bicyclic) bond motifs is 1. The Kier molecular flexibility index (Phi) is 2.41. The van der Waals surface area contributed by atoms with Crippen LogP contribution in [0.15, 0.2) is 16.6 Å². The zero-order valence-corrected chi connectivity index (χ0v) is 9.39. The molecule has 0 aromatic heterocycles. The summed E-state index contributed by atoms with van der Waals surface area (Å²) in [6.07, 6.45) is 0.476. The lowest BCUT2D eigenvalue weighted by Crippen LogP contribution is -2.26. The monoisotopic (exact) mass is 275 g/mol. The van der Waals surface area contributed by atoms with Gasteiger partial charge in [0.15, 0.2) is 0 Å². The van der Waals surface area contributed by atoms with Gasteiger partial charge in [0.1, 0.15) is 6.04 Å². The summed E-state index contributed by atoms with van der Waals surface area (Å²) in [4.78, 5) is 10.7. The zero-order valence-electron chi connectivity index (χ0n) is 7.05. The third-order valence-electron chi connectivity index (χ3n) is 2.18. The normalized spacial score (nSPS) is 18.9. The molecule has 0 aliphatic carbocycles. The molecule has 0 amide bonds. The highest BCUT2D eigenvalue weighted by Gasteiger charge is 2.28. The van der Waals surface area contributed by atoms with Gasteiger partial charge in [-0.25, -0.2) is 4.79 Å². The minimum Gasteiger partial charge on any atom is -0.480 e. The summed E-state index contributed by atoms with van der Waals surface area (Å²) < 4.78 is 0.870. The summed E-state index contributed by atoms with van der Waals surface area (Å²) in [5.74, 6) is -0.853. The van der Waals surface area contributed by atoms with Crippen molar-refractivity contribution in [2.45, 2.75) is 12.5 Å². The number of hydrogen-bond donors (Lipinski definition) is 2. The first-order valence-electron chi connectivity index (χ1n) is 4.05. The molecule has 0 fully saturated rings.